The number of hydrogen-bond acceptors (Lipinski definition) is 9. The molecule has 3 heterocycles. The quantitative estimate of drug-likeness (QED) is 0.333. The number of carbonyl (C=O) groups excluding carboxylic acids is 1. The molecule has 0 bridgehead atoms. The molecule has 0 aliphatic carbocycles. The molecule has 0 aromatic carbocycles. The number of anilines is 1. The highest BCUT2D eigenvalue weighted by Gasteiger charge is 2.15. The summed E-state index contributed by atoms with van der Waals surface area (Å²) in [5, 5.41) is 14.7. The lowest BCUT2D eigenvalue weighted by Gasteiger charge is -2.14. The molecule has 1 unspecified atom stereocenters. The van der Waals surface area contributed by atoms with Gasteiger partial charge in [-0.1, -0.05) is 6.92 Å². The van der Waals surface area contributed by atoms with Crippen molar-refractivity contribution in [2.75, 3.05) is 38.7 Å². The minimum Gasteiger partial charge on any atom is -0.481 e. The van der Waals surface area contributed by atoms with Crippen LogP contribution < -0.4 is 20.9 Å². The van der Waals surface area contributed by atoms with Crippen LogP contribution in [0.3, 0.4) is 0 Å². The summed E-state index contributed by atoms with van der Waals surface area (Å²) >= 11 is 0. The molecule has 11 heteroatoms. The monoisotopic (exact) mass is 470 g/mol. The lowest BCUT2D eigenvalue weighted by atomic mass is 10.1. The van der Waals surface area contributed by atoms with E-state index in [-0.39, 0.29) is 30.4 Å². The van der Waals surface area contributed by atoms with Crippen LogP contribution >= 0.6 is 0 Å². The Morgan fingerprint density at radius 1 is 1.21 bits per heavy atom. The van der Waals surface area contributed by atoms with Crippen molar-refractivity contribution in [3.05, 3.63) is 40.9 Å². The molecule has 0 fully saturated rings. The maximum absolute atomic E-state index is 13.2. The van der Waals surface area contributed by atoms with Gasteiger partial charge in [0, 0.05) is 49.3 Å². The molecule has 11 nitrogen and oxygen atoms in total. The molecule has 34 heavy (non-hydrogen) atoms. The van der Waals surface area contributed by atoms with Crippen LogP contribution in [-0.2, 0) is 16.1 Å². The summed E-state index contributed by atoms with van der Waals surface area (Å²) in [6.07, 6.45) is 3.53. The number of nitrogens with one attached hydrogen (secondary N) is 2. The maximum atomic E-state index is 13.2. The summed E-state index contributed by atoms with van der Waals surface area (Å²) in [5.41, 5.74) is 2.09. The number of carbonyl (C=O) groups is 1. The number of fused-ring (bicyclic) bond motifs is 1. The third kappa shape index (κ3) is 6.49. The highest BCUT2D eigenvalue weighted by Crippen LogP contribution is 2.23. The van der Waals surface area contributed by atoms with Crippen LogP contribution in [0.1, 0.15) is 20.3 Å². The number of rotatable bonds is 12. The highest BCUT2D eigenvalue weighted by atomic mass is 16.5. The van der Waals surface area contributed by atoms with Crippen molar-refractivity contribution in [1.29, 1.82) is 0 Å². The zero-order valence-electron chi connectivity index (χ0n) is 19.6. The van der Waals surface area contributed by atoms with Gasteiger partial charge in [0.1, 0.15) is 0 Å². The Balaban J connectivity index is 1.93. The van der Waals surface area contributed by atoms with Gasteiger partial charge in [0.25, 0.3) is 5.56 Å². The minimum absolute atomic E-state index is 0.0153. The minimum atomic E-state index is -0.664. The van der Waals surface area contributed by atoms with Crippen LogP contribution in [0.2, 0.25) is 0 Å². The Morgan fingerprint density at radius 2 is 2.00 bits per heavy atom. The standard InChI is InChI=1S/C23H30N6O5/c1-4-8-34-9-7-29-18-10-17(16-5-6-20(33-3)25-12-16)13-26-21(18)28-22(23(29)32)27-14-19(31)24-11-15(2)30/h5-6,10,12-13,15,30H,4,7-9,11,14H2,1-3H3,(H,24,31)(H,26,27,28). The van der Waals surface area contributed by atoms with Crippen LogP contribution in [-0.4, -0.2) is 70.0 Å². The molecule has 0 aliphatic rings. The fourth-order valence-electron chi connectivity index (χ4n) is 3.18. The number of aromatic nitrogens is 4. The normalized spacial score (nSPS) is 11.9. The molecule has 182 valence electrons. The Bertz CT molecular complexity index is 1160. The summed E-state index contributed by atoms with van der Waals surface area (Å²) in [7, 11) is 1.55. The van der Waals surface area contributed by atoms with E-state index in [0.717, 1.165) is 17.5 Å². The molecule has 0 saturated heterocycles. The van der Waals surface area contributed by atoms with Crippen molar-refractivity contribution in [2.24, 2.45) is 0 Å². The first-order chi connectivity index (χ1) is 16.4. The number of aliphatic hydroxyl groups excluding tert-OH is 1. The fourth-order valence-corrected chi connectivity index (χ4v) is 3.18. The summed E-state index contributed by atoms with van der Waals surface area (Å²) in [4.78, 5) is 38.2. The molecule has 1 atom stereocenters. The van der Waals surface area contributed by atoms with Crippen LogP contribution in [0.4, 0.5) is 5.82 Å². The predicted octanol–water partition coefficient (Wildman–Crippen LogP) is 1.20. The van der Waals surface area contributed by atoms with Gasteiger partial charge >= 0.3 is 0 Å². The van der Waals surface area contributed by atoms with Gasteiger partial charge in [-0.15, -0.1) is 0 Å². The first-order valence-electron chi connectivity index (χ1n) is 11.1. The molecule has 0 radical (unpaired) electrons. The van der Waals surface area contributed by atoms with E-state index in [9.17, 15) is 14.7 Å². The van der Waals surface area contributed by atoms with E-state index in [1.165, 1.54) is 0 Å². The van der Waals surface area contributed by atoms with Gasteiger partial charge in [-0.2, -0.15) is 0 Å². The topological polar surface area (TPSA) is 140 Å². The molecule has 0 spiro atoms. The number of amides is 1. The van der Waals surface area contributed by atoms with Gasteiger partial charge in [0.15, 0.2) is 11.5 Å². The van der Waals surface area contributed by atoms with Gasteiger partial charge in [-0.05, 0) is 25.5 Å². The van der Waals surface area contributed by atoms with E-state index in [0.29, 0.717) is 36.8 Å². The molecule has 3 rings (SSSR count). The summed E-state index contributed by atoms with van der Waals surface area (Å²) in [6.45, 7) is 4.77. The van der Waals surface area contributed by atoms with E-state index >= 15 is 0 Å². The molecule has 1 amide bonds. The summed E-state index contributed by atoms with van der Waals surface area (Å²) < 4.78 is 12.2. The Kier molecular flexibility index (Phi) is 8.88. The molecular weight excluding hydrogens is 440 g/mol. The molecule has 0 aliphatic heterocycles. The van der Waals surface area contributed by atoms with Crippen LogP contribution in [0.5, 0.6) is 5.88 Å². The number of ether oxygens (including phenoxy) is 2. The first kappa shape index (κ1) is 25.1. The Hall–Kier alpha value is -3.57. The lowest BCUT2D eigenvalue weighted by Crippen LogP contribution is -2.36. The number of pyridine rings is 2. The van der Waals surface area contributed by atoms with E-state index in [1.807, 2.05) is 19.1 Å². The van der Waals surface area contributed by atoms with Gasteiger partial charge in [0.05, 0.1) is 31.9 Å². The zero-order chi connectivity index (χ0) is 24.5. The first-order valence-corrected chi connectivity index (χ1v) is 11.1. The van der Waals surface area contributed by atoms with Crippen LogP contribution in [0.15, 0.2) is 35.4 Å². The van der Waals surface area contributed by atoms with Crippen molar-refractivity contribution in [1.82, 2.24) is 24.8 Å². The third-order valence-electron chi connectivity index (χ3n) is 4.90. The molecule has 3 aromatic rings. The lowest BCUT2D eigenvalue weighted by molar-refractivity contribution is -0.119. The molecular formula is C23H30N6O5. The van der Waals surface area contributed by atoms with Gasteiger partial charge in [-0.25, -0.2) is 15.0 Å². The van der Waals surface area contributed by atoms with Crippen molar-refractivity contribution in [2.45, 2.75) is 32.9 Å². The Labute approximate surface area is 197 Å². The molecule has 0 saturated carbocycles. The maximum Gasteiger partial charge on any atom is 0.293 e. The third-order valence-corrected chi connectivity index (χ3v) is 4.90. The summed E-state index contributed by atoms with van der Waals surface area (Å²) in [6, 6.07) is 5.44. The number of methoxy groups -OCH3 is 1. The van der Waals surface area contributed by atoms with E-state index in [2.05, 4.69) is 25.6 Å². The second-order valence-electron chi connectivity index (χ2n) is 7.69. The smallest absolute Gasteiger partial charge is 0.293 e. The van der Waals surface area contributed by atoms with Crippen LogP contribution in [0, 0.1) is 0 Å². The predicted molar refractivity (Wildman–Crippen MR) is 128 cm³/mol. The van der Waals surface area contributed by atoms with Crippen molar-refractivity contribution >= 4 is 22.9 Å². The van der Waals surface area contributed by atoms with E-state index in [4.69, 9.17) is 9.47 Å². The van der Waals surface area contributed by atoms with Crippen molar-refractivity contribution in [3.8, 4) is 17.0 Å². The molecule has 3 N–H and O–H groups in total. The second kappa shape index (κ2) is 12.1. The average molecular weight is 471 g/mol. The van der Waals surface area contributed by atoms with Gasteiger partial charge in [0.2, 0.25) is 11.8 Å². The van der Waals surface area contributed by atoms with Crippen LogP contribution in [0.25, 0.3) is 22.3 Å². The number of hydrogen-bond donors (Lipinski definition) is 3. The highest BCUT2D eigenvalue weighted by molar-refractivity contribution is 5.82. The second-order valence-corrected chi connectivity index (χ2v) is 7.69. The van der Waals surface area contributed by atoms with Gasteiger partial charge < -0.3 is 25.2 Å². The summed E-state index contributed by atoms with van der Waals surface area (Å²) in [5.74, 6) is 0.147. The van der Waals surface area contributed by atoms with Crippen molar-refractivity contribution in [3.63, 3.8) is 0 Å². The fraction of sp³-hybridized carbons (Fsp3) is 0.435. The molecule has 3 aromatic heterocycles. The van der Waals surface area contributed by atoms with Gasteiger partial charge in [-0.3, -0.25) is 14.2 Å². The average Bonchev–Trinajstić information content (AvgIpc) is 2.85. The SMILES string of the molecule is CCCOCCn1c(=O)c(NCC(=O)NCC(C)O)nc2ncc(-c3ccc(OC)nc3)cc21. The Morgan fingerprint density at radius 3 is 2.68 bits per heavy atom. The number of nitrogens with zero attached hydrogens (tertiary/aromatic N) is 4. The number of aliphatic hydroxyl groups is 1. The van der Waals surface area contributed by atoms with E-state index < -0.39 is 6.10 Å². The zero-order valence-corrected chi connectivity index (χ0v) is 19.6. The largest absolute Gasteiger partial charge is 0.481 e. The van der Waals surface area contributed by atoms with E-state index in [1.54, 1.807) is 37.1 Å². The van der Waals surface area contributed by atoms with Crippen molar-refractivity contribution < 1.29 is 19.4 Å².